The highest BCUT2D eigenvalue weighted by Gasteiger charge is 2.18. The molecule has 0 atom stereocenters. The van der Waals surface area contributed by atoms with Crippen molar-refractivity contribution in [2.24, 2.45) is 0 Å². The minimum atomic E-state index is 0.401. The van der Waals surface area contributed by atoms with Gasteiger partial charge in [-0.05, 0) is 42.0 Å². The van der Waals surface area contributed by atoms with E-state index < -0.39 is 0 Å². The predicted octanol–water partition coefficient (Wildman–Crippen LogP) is 3.38. The third-order valence-corrected chi connectivity index (χ3v) is 4.88. The number of nitrogen functional groups attached to an aromatic ring is 1. The Balaban J connectivity index is 1.80. The van der Waals surface area contributed by atoms with Gasteiger partial charge in [-0.15, -0.1) is 16.7 Å². The molecule has 0 radical (unpaired) electrons. The number of fused-ring (bicyclic) bond motifs is 1. The first-order valence-electron chi connectivity index (χ1n) is 8.87. The van der Waals surface area contributed by atoms with E-state index in [1.807, 2.05) is 53.1 Å². The number of benzene rings is 1. The van der Waals surface area contributed by atoms with Gasteiger partial charge in [0.1, 0.15) is 11.3 Å². The second kappa shape index (κ2) is 6.99. The fourth-order valence-electron chi connectivity index (χ4n) is 3.17. The molecule has 0 unspecified atom stereocenters. The van der Waals surface area contributed by atoms with Crippen molar-refractivity contribution >= 4 is 28.6 Å². The molecule has 29 heavy (non-hydrogen) atoms. The molecule has 0 saturated heterocycles. The summed E-state index contributed by atoms with van der Waals surface area (Å²) in [5.74, 6) is 2.15. The summed E-state index contributed by atoms with van der Waals surface area (Å²) in [5.41, 5.74) is 10.2. The van der Waals surface area contributed by atoms with E-state index in [-0.39, 0.29) is 0 Å². The molecule has 0 aliphatic heterocycles. The Morgan fingerprint density at radius 3 is 2.55 bits per heavy atom. The van der Waals surface area contributed by atoms with Crippen LogP contribution in [-0.4, -0.2) is 34.5 Å². The third kappa shape index (κ3) is 2.99. The van der Waals surface area contributed by atoms with E-state index in [1.165, 1.54) is 0 Å². The lowest BCUT2D eigenvalue weighted by atomic mass is 10.2. The maximum atomic E-state index is 6.15. The van der Waals surface area contributed by atoms with Gasteiger partial charge in [-0.3, -0.25) is 4.57 Å². The summed E-state index contributed by atoms with van der Waals surface area (Å²) in [4.78, 5) is 13.8. The standard InChI is InChI=1S/C20H15ClN8/c21-12-13-3-5-14(6-4-13)29-19(15-2-1-9-23-18(15)22)25-16-7-8-17(26-20(16)29)28-11-10-24-27-28/h1-11H,12H2,(H2,22,23). The van der Waals surface area contributed by atoms with Crippen LogP contribution in [0.15, 0.2) is 67.1 Å². The van der Waals surface area contributed by atoms with Gasteiger partial charge in [-0.2, -0.15) is 0 Å². The number of aromatic nitrogens is 7. The number of imidazole rings is 1. The fraction of sp³-hybridized carbons (Fsp3) is 0.0500. The monoisotopic (exact) mass is 402 g/mol. The Labute approximate surface area is 170 Å². The molecule has 8 nitrogen and oxygen atoms in total. The molecule has 0 saturated carbocycles. The molecule has 0 bridgehead atoms. The molecule has 5 rings (SSSR count). The van der Waals surface area contributed by atoms with Crippen LogP contribution in [0.2, 0.25) is 0 Å². The Kier molecular flexibility index (Phi) is 4.18. The van der Waals surface area contributed by atoms with Crippen LogP contribution in [0.25, 0.3) is 34.1 Å². The normalized spacial score (nSPS) is 11.2. The van der Waals surface area contributed by atoms with Crippen LogP contribution in [0.1, 0.15) is 5.56 Å². The third-order valence-electron chi connectivity index (χ3n) is 4.58. The SMILES string of the molecule is Nc1ncccc1-c1nc2ccc(-n3ccnn3)nc2n1-c1ccc(CCl)cc1. The molecule has 2 N–H and O–H groups in total. The number of nitrogens with zero attached hydrogens (tertiary/aromatic N) is 7. The van der Waals surface area contributed by atoms with Gasteiger partial charge in [0.2, 0.25) is 0 Å². The minimum absolute atomic E-state index is 0.401. The first kappa shape index (κ1) is 17.3. The number of anilines is 1. The van der Waals surface area contributed by atoms with Crippen LogP contribution in [0.4, 0.5) is 5.82 Å². The number of pyridine rings is 2. The molecule has 4 heterocycles. The molecular formula is C20H15ClN8. The second-order valence-electron chi connectivity index (χ2n) is 6.37. The zero-order chi connectivity index (χ0) is 19.8. The number of halogens is 1. The average molecular weight is 403 g/mol. The summed E-state index contributed by atoms with van der Waals surface area (Å²) in [6.45, 7) is 0. The van der Waals surface area contributed by atoms with Gasteiger partial charge in [0.25, 0.3) is 0 Å². The van der Waals surface area contributed by atoms with E-state index in [2.05, 4.69) is 15.3 Å². The van der Waals surface area contributed by atoms with E-state index in [0.717, 1.165) is 22.3 Å². The zero-order valence-electron chi connectivity index (χ0n) is 15.1. The molecule has 1 aromatic carbocycles. The van der Waals surface area contributed by atoms with E-state index in [1.54, 1.807) is 23.3 Å². The fourth-order valence-corrected chi connectivity index (χ4v) is 3.35. The van der Waals surface area contributed by atoms with Crippen LogP contribution in [0, 0.1) is 0 Å². The van der Waals surface area contributed by atoms with Crippen molar-refractivity contribution < 1.29 is 0 Å². The van der Waals surface area contributed by atoms with E-state index in [9.17, 15) is 0 Å². The summed E-state index contributed by atoms with van der Waals surface area (Å²) < 4.78 is 3.56. The molecule has 4 aromatic heterocycles. The lowest BCUT2D eigenvalue weighted by molar-refractivity contribution is 0.783. The van der Waals surface area contributed by atoms with Crippen molar-refractivity contribution in [1.82, 2.24) is 34.5 Å². The summed E-state index contributed by atoms with van der Waals surface area (Å²) in [7, 11) is 0. The van der Waals surface area contributed by atoms with Gasteiger partial charge in [-0.1, -0.05) is 17.3 Å². The van der Waals surface area contributed by atoms with E-state index in [0.29, 0.717) is 29.0 Å². The van der Waals surface area contributed by atoms with Gasteiger partial charge in [0.05, 0.1) is 18.0 Å². The van der Waals surface area contributed by atoms with Crippen molar-refractivity contribution in [3.63, 3.8) is 0 Å². The van der Waals surface area contributed by atoms with Crippen molar-refractivity contribution in [3.05, 3.63) is 72.7 Å². The highest BCUT2D eigenvalue weighted by Crippen LogP contribution is 2.30. The van der Waals surface area contributed by atoms with Crippen LogP contribution in [-0.2, 0) is 5.88 Å². The Hall–Kier alpha value is -3.78. The van der Waals surface area contributed by atoms with Crippen LogP contribution < -0.4 is 5.73 Å². The zero-order valence-corrected chi connectivity index (χ0v) is 15.9. The van der Waals surface area contributed by atoms with Gasteiger partial charge >= 0.3 is 0 Å². The first-order chi connectivity index (χ1) is 14.2. The quantitative estimate of drug-likeness (QED) is 0.462. The van der Waals surface area contributed by atoms with Crippen LogP contribution in [0.3, 0.4) is 0 Å². The molecule has 0 aliphatic rings. The summed E-state index contributed by atoms with van der Waals surface area (Å²) in [6, 6.07) is 15.4. The Morgan fingerprint density at radius 2 is 1.83 bits per heavy atom. The topological polar surface area (TPSA) is 100 Å². The largest absolute Gasteiger partial charge is 0.383 e. The lowest BCUT2D eigenvalue weighted by Gasteiger charge is -2.11. The predicted molar refractivity (Wildman–Crippen MR) is 111 cm³/mol. The maximum Gasteiger partial charge on any atom is 0.167 e. The smallest absolute Gasteiger partial charge is 0.167 e. The van der Waals surface area contributed by atoms with Crippen molar-refractivity contribution in [3.8, 4) is 22.9 Å². The molecule has 9 heteroatoms. The molecule has 0 amide bonds. The van der Waals surface area contributed by atoms with Crippen LogP contribution in [0.5, 0.6) is 0 Å². The van der Waals surface area contributed by atoms with Gasteiger partial charge in [0, 0.05) is 17.8 Å². The highest BCUT2D eigenvalue weighted by atomic mass is 35.5. The summed E-state index contributed by atoms with van der Waals surface area (Å²) >= 11 is 5.95. The first-order valence-corrected chi connectivity index (χ1v) is 9.40. The van der Waals surface area contributed by atoms with Gasteiger partial charge < -0.3 is 5.73 Å². The van der Waals surface area contributed by atoms with Gasteiger partial charge in [0.15, 0.2) is 17.3 Å². The summed E-state index contributed by atoms with van der Waals surface area (Å²) in [6.07, 6.45) is 5.00. The highest BCUT2D eigenvalue weighted by molar-refractivity contribution is 6.17. The number of nitrogens with two attached hydrogens (primary N) is 1. The van der Waals surface area contributed by atoms with Crippen molar-refractivity contribution in [2.45, 2.75) is 5.88 Å². The second-order valence-corrected chi connectivity index (χ2v) is 6.63. The number of hydrogen-bond acceptors (Lipinski definition) is 6. The average Bonchev–Trinajstić information content (AvgIpc) is 3.42. The lowest BCUT2D eigenvalue weighted by Crippen LogP contribution is -2.04. The van der Waals surface area contributed by atoms with E-state index in [4.69, 9.17) is 27.3 Å². The molecule has 5 aromatic rings. The molecule has 0 aliphatic carbocycles. The number of alkyl halides is 1. The van der Waals surface area contributed by atoms with E-state index >= 15 is 0 Å². The molecular weight excluding hydrogens is 388 g/mol. The van der Waals surface area contributed by atoms with Crippen LogP contribution >= 0.6 is 11.6 Å². The number of hydrogen-bond donors (Lipinski definition) is 1. The Bertz CT molecular complexity index is 1290. The van der Waals surface area contributed by atoms with Crippen molar-refractivity contribution in [2.75, 3.05) is 5.73 Å². The van der Waals surface area contributed by atoms with Gasteiger partial charge in [-0.25, -0.2) is 19.6 Å². The summed E-state index contributed by atoms with van der Waals surface area (Å²) in [5, 5.41) is 7.88. The molecule has 0 fully saturated rings. The molecule has 0 spiro atoms. The molecule has 142 valence electrons. The van der Waals surface area contributed by atoms with Crippen molar-refractivity contribution in [1.29, 1.82) is 0 Å². The Morgan fingerprint density at radius 1 is 0.966 bits per heavy atom. The maximum absolute atomic E-state index is 6.15. The minimum Gasteiger partial charge on any atom is -0.383 e. The number of rotatable bonds is 4.